The third-order valence-electron chi connectivity index (χ3n) is 3.66. The molecule has 0 saturated heterocycles. The summed E-state index contributed by atoms with van der Waals surface area (Å²) in [6.07, 6.45) is 7.26. The molecule has 1 aromatic carbocycles. The molecule has 0 saturated carbocycles. The number of nitrogens with zero attached hydrogens (tertiary/aromatic N) is 4. The minimum Gasteiger partial charge on any atom is -0.330 e. The number of carbonyl (C=O) groups excluding carboxylic acids is 1. The average Bonchev–Trinajstić information content (AvgIpc) is 3.30. The summed E-state index contributed by atoms with van der Waals surface area (Å²) in [5.74, 6) is 0.942. The van der Waals surface area contributed by atoms with Gasteiger partial charge in [-0.15, -0.1) is 10.2 Å². The van der Waals surface area contributed by atoms with E-state index in [1.165, 1.54) is 24.7 Å². The normalized spacial score (nSPS) is 10.7. The standard InChI is InChI=1S/C18H22N6OS2/c1-14(25)20-15-7-5-8-16(13-15)21-17-22-23-18(27-17)26-12-4-2-3-10-24-11-6-9-19-24/h5-9,11,13H,2-4,10,12H2,1H3,(H,20,25)(H,21,22). The summed E-state index contributed by atoms with van der Waals surface area (Å²) in [7, 11) is 0. The summed E-state index contributed by atoms with van der Waals surface area (Å²) in [6, 6.07) is 9.48. The van der Waals surface area contributed by atoms with Crippen molar-refractivity contribution in [3.05, 3.63) is 42.7 Å². The molecule has 2 aromatic heterocycles. The maximum absolute atomic E-state index is 11.2. The van der Waals surface area contributed by atoms with E-state index in [0.29, 0.717) is 0 Å². The predicted octanol–water partition coefficient (Wildman–Crippen LogP) is 4.40. The number of carbonyl (C=O) groups is 1. The van der Waals surface area contributed by atoms with Crippen molar-refractivity contribution in [1.29, 1.82) is 0 Å². The van der Waals surface area contributed by atoms with Crippen LogP contribution in [0.2, 0.25) is 0 Å². The fourth-order valence-electron chi connectivity index (χ4n) is 2.46. The number of amides is 1. The molecular formula is C18H22N6OS2. The lowest BCUT2D eigenvalue weighted by Gasteiger charge is -2.05. The van der Waals surface area contributed by atoms with Crippen molar-refractivity contribution in [1.82, 2.24) is 20.0 Å². The highest BCUT2D eigenvalue weighted by atomic mass is 32.2. The van der Waals surface area contributed by atoms with Crippen LogP contribution in [0.3, 0.4) is 0 Å². The fraction of sp³-hybridized carbons (Fsp3) is 0.333. The lowest BCUT2D eigenvalue weighted by atomic mass is 10.2. The number of thioether (sulfide) groups is 1. The molecule has 1 amide bonds. The minimum absolute atomic E-state index is 0.0913. The highest BCUT2D eigenvalue weighted by Gasteiger charge is 2.06. The summed E-state index contributed by atoms with van der Waals surface area (Å²) in [6.45, 7) is 2.47. The monoisotopic (exact) mass is 402 g/mol. The number of aromatic nitrogens is 4. The molecule has 142 valence electrons. The second kappa shape index (κ2) is 10.1. The molecule has 2 heterocycles. The summed E-state index contributed by atoms with van der Waals surface area (Å²) in [5, 5.41) is 19.4. The summed E-state index contributed by atoms with van der Waals surface area (Å²) in [5.41, 5.74) is 1.62. The molecule has 0 fully saturated rings. The lowest BCUT2D eigenvalue weighted by molar-refractivity contribution is -0.114. The SMILES string of the molecule is CC(=O)Nc1cccc(Nc2nnc(SCCCCCn3cccn3)s2)c1. The molecule has 0 radical (unpaired) electrons. The van der Waals surface area contributed by atoms with Gasteiger partial charge in [-0.1, -0.05) is 35.6 Å². The number of nitrogens with one attached hydrogen (secondary N) is 2. The van der Waals surface area contributed by atoms with Crippen LogP contribution in [0.1, 0.15) is 26.2 Å². The molecule has 0 unspecified atom stereocenters. The Morgan fingerprint density at radius 3 is 2.89 bits per heavy atom. The maximum Gasteiger partial charge on any atom is 0.221 e. The smallest absolute Gasteiger partial charge is 0.221 e. The molecule has 0 atom stereocenters. The van der Waals surface area contributed by atoms with Crippen molar-refractivity contribution in [3.63, 3.8) is 0 Å². The molecule has 3 rings (SSSR count). The van der Waals surface area contributed by atoms with E-state index in [2.05, 4.69) is 25.9 Å². The quantitative estimate of drug-likeness (QED) is 0.386. The van der Waals surface area contributed by atoms with E-state index >= 15 is 0 Å². The van der Waals surface area contributed by atoms with Crippen LogP contribution in [0.5, 0.6) is 0 Å². The number of unbranched alkanes of at least 4 members (excludes halogenated alkanes) is 2. The van der Waals surface area contributed by atoms with Gasteiger partial charge in [-0.05, 0) is 37.1 Å². The van der Waals surface area contributed by atoms with Crippen LogP contribution in [-0.4, -0.2) is 31.6 Å². The molecule has 9 heteroatoms. The molecule has 0 aliphatic rings. The second-order valence-electron chi connectivity index (χ2n) is 5.94. The Bertz CT molecular complexity index is 849. The van der Waals surface area contributed by atoms with Gasteiger partial charge in [0.2, 0.25) is 11.0 Å². The first-order chi connectivity index (χ1) is 13.2. The Hall–Kier alpha value is -2.39. The molecule has 2 N–H and O–H groups in total. The Kier molecular flexibility index (Phi) is 7.23. The van der Waals surface area contributed by atoms with Gasteiger partial charge in [0.25, 0.3) is 0 Å². The lowest BCUT2D eigenvalue weighted by Crippen LogP contribution is -2.05. The van der Waals surface area contributed by atoms with Crippen molar-refractivity contribution in [2.24, 2.45) is 0 Å². The Morgan fingerprint density at radius 1 is 1.19 bits per heavy atom. The first-order valence-corrected chi connectivity index (χ1v) is 10.6. The van der Waals surface area contributed by atoms with E-state index in [0.717, 1.165) is 46.0 Å². The van der Waals surface area contributed by atoms with Gasteiger partial charge in [0.05, 0.1) is 0 Å². The van der Waals surface area contributed by atoms with Gasteiger partial charge in [-0.2, -0.15) is 5.10 Å². The Balaban J connectivity index is 1.38. The van der Waals surface area contributed by atoms with Gasteiger partial charge in [0.15, 0.2) is 4.34 Å². The maximum atomic E-state index is 11.2. The molecule has 0 aliphatic carbocycles. The van der Waals surface area contributed by atoms with Gasteiger partial charge in [0, 0.05) is 43.0 Å². The predicted molar refractivity (Wildman–Crippen MR) is 111 cm³/mol. The van der Waals surface area contributed by atoms with Gasteiger partial charge in [0.1, 0.15) is 0 Å². The van der Waals surface area contributed by atoms with Crippen LogP contribution in [0, 0.1) is 0 Å². The average molecular weight is 403 g/mol. The van der Waals surface area contributed by atoms with Crippen molar-refractivity contribution in [2.75, 3.05) is 16.4 Å². The van der Waals surface area contributed by atoms with E-state index in [1.807, 2.05) is 47.4 Å². The fourth-order valence-corrected chi connectivity index (χ4v) is 4.31. The number of rotatable bonds is 10. The first-order valence-electron chi connectivity index (χ1n) is 8.77. The Morgan fingerprint density at radius 2 is 2.07 bits per heavy atom. The van der Waals surface area contributed by atoms with Crippen molar-refractivity contribution >= 4 is 45.5 Å². The van der Waals surface area contributed by atoms with E-state index in [9.17, 15) is 4.79 Å². The number of hydrogen-bond acceptors (Lipinski definition) is 7. The van der Waals surface area contributed by atoms with Crippen LogP contribution >= 0.6 is 23.1 Å². The molecule has 0 aliphatic heterocycles. The zero-order valence-electron chi connectivity index (χ0n) is 15.1. The van der Waals surface area contributed by atoms with Crippen molar-refractivity contribution in [2.45, 2.75) is 37.1 Å². The number of hydrogen-bond donors (Lipinski definition) is 2. The van der Waals surface area contributed by atoms with E-state index in [-0.39, 0.29) is 5.91 Å². The minimum atomic E-state index is -0.0913. The summed E-state index contributed by atoms with van der Waals surface area (Å²) >= 11 is 3.27. The van der Waals surface area contributed by atoms with Crippen LogP contribution < -0.4 is 10.6 Å². The highest BCUT2D eigenvalue weighted by molar-refractivity contribution is 8.01. The Labute approximate surface area is 166 Å². The van der Waals surface area contributed by atoms with Gasteiger partial charge >= 0.3 is 0 Å². The van der Waals surface area contributed by atoms with Crippen molar-refractivity contribution < 1.29 is 4.79 Å². The van der Waals surface area contributed by atoms with Gasteiger partial charge in [-0.25, -0.2) is 0 Å². The molecule has 0 bridgehead atoms. The van der Waals surface area contributed by atoms with E-state index < -0.39 is 0 Å². The molecule has 7 nitrogen and oxygen atoms in total. The zero-order valence-corrected chi connectivity index (χ0v) is 16.7. The third-order valence-corrected chi connectivity index (χ3v) is 5.72. The summed E-state index contributed by atoms with van der Waals surface area (Å²) in [4.78, 5) is 11.2. The largest absolute Gasteiger partial charge is 0.330 e. The van der Waals surface area contributed by atoms with Crippen LogP contribution in [0.4, 0.5) is 16.5 Å². The van der Waals surface area contributed by atoms with Crippen LogP contribution in [0.25, 0.3) is 0 Å². The second-order valence-corrected chi connectivity index (χ2v) is 8.26. The summed E-state index contributed by atoms with van der Waals surface area (Å²) < 4.78 is 2.93. The third kappa shape index (κ3) is 6.69. The topological polar surface area (TPSA) is 84.7 Å². The molecule has 0 spiro atoms. The first kappa shape index (κ1) is 19.4. The number of aryl methyl sites for hydroxylation is 1. The van der Waals surface area contributed by atoms with E-state index in [4.69, 9.17) is 0 Å². The number of anilines is 3. The van der Waals surface area contributed by atoms with E-state index in [1.54, 1.807) is 11.8 Å². The van der Waals surface area contributed by atoms with Crippen LogP contribution in [-0.2, 0) is 11.3 Å². The zero-order chi connectivity index (χ0) is 18.9. The molecule has 3 aromatic rings. The highest BCUT2D eigenvalue weighted by Crippen LogP contribution is 2.29. The molecular weight excluding hydrogens is 380 g/mol. The van der Waals surface area contributed by atoms with Crippen LogP contribution in [0.15, 0.2) is 47.1 Å². The van der Waals surface area contributed by atoms with Gasteiger partial charge in [-0.3, -0.25) is 9.48 Å². The number of benzene rings is 1. The molecule has 27 heavy (non-hydrogen) atoms. The van der Waals surface area contributed by atoms with Gasteiger partial charge < -0.3 is 10.6 Å². The van der Waals surface area contributed by atoms with Crippen molar-refractivity contribution in [3.8, 4) is 0 Å².